The minimum absolute atomic E-state index is 0.0169. The number of pyridine rings is 1. The van der Waals surface area contributed by atoms with Crippen molar-refractivity contribution in [1.82, 2.24) is 19.9 Å². The first-order chi connectivity index (χ1) is 14.0. The second-order valence-corrected chi connectivity index (χ2v) is 6.42. The van der Waals surface area contributed by atoms with Gasteiger partial charge in [0.05, 0.1) is 16.9 Å². The highest BCUT2D eigenvalue weighted by atomic mass is 32.2. The van der Waals surface area contributed by atoms with Crippen LogP contribution in [-0.4, -0.2) is 42.7 Å². The molecule has 0 saturated heterocycles. The molecule has 0 radical (unpaired) electrons. The average Bonchev–Trinajstić information content (AvgIpc) is 3.07. The number of hydrazone groups is 1. The summed E-state index contributed by atoms with van der Waals surface area (Å²) in [6.07, 6.45) is 4.83. The number of nitro benzene ring substituents is 1. The molecule has 29 heavy (non-hydrogen) atoms. The van der Waals surface area contributed by atoms with E-state index in [0.29, 0.717) is 10.8 Å². The van der Waals surface area contributed by atoms with Crippen LogP contribution < -0.4 is 16.6 Å². The van der Waals surface area contributed by atoms with Gasteiger partial charge in [-0.3, -0.25) is 19.9 Å². The summed E-state index contributed by atoms with van der Waals surface area (Å²) in [6.45, 7) is 0. The largest absolute Gasteiger partial charge is 0.334 e. The monoisotopic (exact) mass is 413 g/mol. The number of thioether (sulfide) groups is 1. The van der Waals surface area contributed by atoms with E-state index in [0.717, 1.165) is 22.0 Å². The van der Waals surface area contributed by atoms with Crippen LogP contribution >= 0.6 is 11.8 Å². The van der Waals surface area contributed by atoms with E-state index in [-0.39, 0.29) is 23.3 Å². The van der Waals surface area contributed by atoms with Crippen molar-refractivity contribution in [2.75, 3.05) is 22.3 Å². The summed E-state index contributed by atoms with van der Waals surface area (Å²) in [5.74, 6) is 5.69. The van der Waals surface area contributed by atoms with Gasteiger partial charge in [0, 0.05) is 35.8 Å². The summed E-state index contributed by atoms with van der Waals surface area (Å²) in [7, 11) is 0. The van der Waals surface area contributed by atoms with Gasteiger partial charge in [-0.1, -0.05) is 23.9 Å². The van der Waals surface area contributed by atoms with Gasteiger partial charge in [-0.15, -0.1) is 10.2 Å². The van der Waals surface area contributed by atoms with E-state index in [1.165, 1.54) is 18.2 Å². The van der Waals surface area contributed by atoms with Crippen molar-refractivity contribution in [3.05, 3.63) is 64.5 Å². The number of aromatic nitrogens is 4. The number of non-ortho nitro benzene ring substituents is 1. The number of benzene rings is 1. The first-order valence-electron chi connectivity index (χ1n) is 8.09. The second-order valence-electron chi connectivity index (χ2n) is 5.48. The SMILES string of the molecule is Nn1c(N/N=C/c2cccnc2)nnc1SCC(=O)Nc1cccc([N+](=O)[O-])c1. The first kappa shape index (κ1) is 19.8. The van der Waals surface area contributed by atoms with E-state index in [1.807, 2.05) is 6.07 Å². The van der Waals surface area contributed by atoms with Crippen LogP contribution in [-0.2, 0) is 4.79 Å². The highest BCUT2D eigenvalue weighted by Gasteiger charge is 2.13. The summed E-state index contributed by atoms with van der Waals surface area (Å²) >= 11 is 1.05. The summed E-state index contributed by atoms with van der Waals surface area (Å²) in [4.78, 5) is 26.3. The minimum atomic E-state index is -0.535. The topological polar surface area (TPSA) is 166 Å². The average molecular weight is 413 g/mol. The lowest BCUT2D eigenvalue weighted by Crippen LogP contribution is -2.17. The Bertz CT molecular complexity index is 1040. The van der Waals surface area contributed by atoms with Crippen molar-refractivity contribution in [2.24, 2.45) is 5.10 Å². The van der Waals surface area contributed by atoms with E-state index in [2.05, 4.69) is 31.0 Å². The minimum Gasteiger partial charge on any atom is -0.334 e. The molecule has 148 valence electrons. The van der Waals surface area contributed by atoms with Gasteiger partial charge >= 0.3 is 0 Å². The van der Waals surface area contributed by atoms with Crippen molar-refractivity contribution in [3.8, 4) is 0 Å². The van der Waals surface area contributed by atoms with Crippen LogP contribution in [0.15, 0.2) is 59.0 Å². The zero-order valence-electron chi connectivity index (χ0n) is 14.8. The van der Waals surface area contributed by atoms with Crippen molar-refractivity contribution in [1.29, 1.82) is 0 Å². The number of nitrogens with one attached hydrogen (secondary N) is 2. The predicted octanol–water partition coefficient (Wildman–Crippen LogP) is 1.47. The highest BCUT2D eigenvalue weighted by molar-refractivity contribution is 7.99. The van der Waals surface area contributed by atoms with Gasteiger partial charge in [-0.05, 0) is 12.1 Å². The lowest BCUT2D eigenvalue weighted by molar-refractivity contribution is -0.384. The Morgan fingerprint density at radius 2 is 2.21 bits per heavy atom. The van der Waals surface area contributed by atoms with Crippen molar-refractivity contribution in [2.45, 2.75) is 5.16 Å². The standard InChI is InChI=1S/C16H15N9O3S/c17-24-15(21-19-9-11-3-2-6-18-8-11)22-23-16(24)29-10-14(26)20-12-4-1-5-13(7-12)25(27)28/h1-9H,10,17H2,(H,20,26)(H,21,22)/b19-9+. The number of nitro groups is 1. The van der Waals surface area contributed by atoms with Crippen LogP contribution in [0.3, 0.4) is 0 Å². The van der Waals surface area contributed by atoms with Gasteiger partial charge in [-0.25, -0.2) is 10.1 Å². The maximum absolute atomic E-state index is 12.1. The number of carbonyl (C=O) groups is 1. The Balaban J connectivity index is 1.53. The Morgan fingerprint density at radius 1 is 1.34 bits per heavy atom. The molecule has 1 amide bonds. The molecule has 12 nitrogen and oxygen atoms in total. The number of hydrogen-bond acceptors (Lipinski definition) is 10. The molecule has 2 aromatic heterocycles. The van der Waals surface area contributed by atoms with Crippen molar-refractivity contribution < 1.29 is 9.72 Å². The maximum Gasteiger partial charge on any atom is 0.271 e. The number of nitrogens with two attached hydrogens (primary N) is 1. The number of rotatable bonds is 8. The van der Waals surface area contributed by atoms with Gasteiger partial charge < -0.3 is 11.2 Å². The number of nitrogens with zero attached hydrogens (tertiary/aromatic N) is 6. The Labute approximate surface area is 168 Å². The fraction of sp³-hybridized carbons (Fsp3) is 0.0625. The first-order valence-corrected chi connectivity index (χ1v) is 9.08. The van der Waals surface area contributed by atoms with Crippen LogP contribution in [0.25, 0.3) is 0 Å². The molecule has 0 aliphatic heterocycles. The van der Waals surface area contributed by atoms with Crippen LogP contribution in [0.5, 0.6) is 0 Å². The zero-order valence-corrected chi connectivity index (χ0v) is 15.6. The van der Waals surface area contributed by atoms with E-state index in [9.17, 15) is 14.9 Å². The summed E-state index contributed by atoms with van der Waals surface area (Å²) in [5.41, 5.74) is 3.66. The molecule has 0 fully saturated rings. The highest BCUT2D eigenvalue weighted by Crippen LogP contribution is 2.19. The van der Waals surface area contributed by atoms with Crippen LogP contribution in [0.1, 0.15) is 5.56 Å². The summed E-state index contributed by atoms with van der Waals surface area (Å²) < 4.78 is 1.16. The van der Waals surface area contributed by atoms with Gasteiger partial charge in [0.15, 0.2) is 0 Å². The summed E-state index contributed by atoms with van der Waals surface area (Å²) in [6, 6.07) is 9.26. The molecule has 3 aromatic rings. The zero-order chi connectivity index (χ0) is 20.6. The predicted molar refractivity (Wildman–Crippen MR) is 108 cm³/mol. The molecule has 0 unspecified atom stereocenters. The molecule has 13 heteroatoms. The lowest BCUT2D eigenvalue weighted by atomic mass is 10.3. The lowest BCUT2D eigenvalue weighted by Gasteiger charge is -2.05. The second kappa shape index (κ2) is 9.27. The maximum atomic E-state index is 12.1. The van der Waals surface area contributed by atoms with Gasteiger partial charge in [0.1, 0.15) is 0 Å². The molecule has 0 aliphatic carbocycles. The molecule has 0 spiro atoms. The third-order valence-corrected chi connectivity index (χ3v) is 4.34. The van der Waals surface area contributed by atoms with Gasteiger partial charge in [-0.2, -0.15) is 5.10 Å². The summed E-state index contributed by atoms with van der Waals surface area (Å²) in [5, 5.41) is 25.4. The number of nitrogen functional groups attached to an aromatic ring is 1. The van der Waals surface area contributed by atoms with Crippen LogP contribution in [0.2, 0.25) is 0 Å². The number of hydrogen-bond donors (Lipinski definition) is 3. The number of carbonyl (C=O) groups excluding carboxylic acids is 1. The molecule has 0 atom stereocenters. The molecule has 0 aliphatic rings. The molecule has 0 saturated carbocycles. The molecule has 1 aromatic carbocycles. The quantitative estimate of drug-likeness (QED) is 0.163. The Kier molecular flexibility index (Phi) is 6.32. The van der Waals surface area contributed by atoms with E-state index >= 15 is 0 Å². The Morgan fingerprint density at radius 3 is 2.97 bits per heavy atom. The smallest absolute Gasteiger partial charge is 0.271 e. The Hall–Kier alpha value is -4.00. The fourth-order valence-electron chi connectivity index (χ4n) is 2.09. The normalized spacial score (nSPS) is 10.8. The fourth-order valence-corrected chi connectivity index (χ4v) is 2.75. The third kappa shape index (κ3) is 5.49. The number of amides is 1. The van der Waals surface area contributed by atoms with Crippen molar-refractivity contribution in [3.63, 3.8) is 0 Å². The van der Waals surface area contributed by atoms with Gasteiger partial charge in [0.2, 0.25) is 11.1 Å². The third-order valence-electron chi connectivity index (χ3n) is 3.40. The van der Waals surface area contributed by atoms with Crippen LogP contribution in [0, 0.1) is 10.1 Å². The molecule has 3 rings (SSSR count). The molecular weight excluding hydrogens is 398 g/mol. The molecule has 4 N–H and O–H groups in total. The van der Waals surface area contributed by atoms with Gasteiger partial charge in [0.25, 0.3) is 11.6 Å². The molecule has 2 heterocycles. The van der Waals surface area contributed by atoms with Crippen molar-refractivity contribution >= 4 is 41.2 Å². The molecule has 0 bridgehead atoms. The van der Waals surface area contributed by atoms with Crippen LogP contribution in [0.4, 0.5) is 17.3 Å². The van der Waals surface area contributed by atoms with E-state index in [4.69, 9.17) is 5.84 Å². The molecular formula is C16H15N9O3S. The van der Waals surface area contributed by atoms with E-state index in [1.54, 1.807) is 30.7 Å². The van der Waals surface area contributed by atoms with E-state index < -0.39 is 4.92 Å². The number of anilines is 2.